The van der Waals surface area contributed by atoms with Crippen LogP contribution >= 0.6 is 0 Å². The van der Waals surface area contributed by atoms with Crippen LogP contribution in [0.3, 0.4) is 0 Å². The number of aromatic nitrogens is 2. The van der Waals surface area contributed by atoms with E-state index >= 15 is 0 Å². The number of Topliss-reactive ketones (excluding diaryl/α,β-unsaturated/α-hetero) is 1. The van der Waals surface area contributed by atoms with E-state index in [4.69, 9.17) is 0 Å². The molecule has 2 aliphatic carbocycles. The van der Waals surface area contributed by atoms with E-state index in [2.05, 4.69) is 9.97 Å². The molecule has 3 atom stereocenters. The van der Waals surface area contributed by atoms with Crippen molar-refractivity contribution in [3.63, 3.8) is 0 Å². The fraction of sp³-hybridized carbons (Fsp3) is 0.286. The molecule has 6 nitrogen and oxygen atoms in total. The Bertz CT molecular complexity index is 1020. The van der Waals surface area contributed by atoms with Crippen LogP contribution in [-0.4, -0.2) is 26.8 Å². The average Bonchev–Trinajstić information content (AvgIpc) is 2.70. The van der Waals surface area contributed by atoms with E-state index in [-0.39, 0.29) is 28.8 Å². The molecule has 4 rings (SSSR count). The van der Waals surface area contributed by atoms with Crippen LogP contribution in [-0.2, 0) is 16.6 Å². The number of nitrogens with zero attached hydrogens (tertiary/aromatic N) is 3. The summed E-state index contributed by atoms with van der Waals surface area (Å²) in [6, 6.07) is 8.69. The Balaban J connectivity index is 2.03. The quantitative estimate of drug-likeness (QED) is 0.884. The zero-order valence-corrected chi connectivity index (χ0v) is 14.7. The van der Waals surface area contributed by atoms with Gasteiger partial charge in [-0.2, -0.15) is 5.26 Å². The lowest BCUT2D eigenvalue weighted by molar-refractivity contribution is -0.121. The van der Waals surface area contributed by atoms with Crippen molar-refractivity contribution in [3.05, 3.63) is 70.8 Å². The Labute approximate surface area is 156 Å². The highest BCUT2D eigenvalue weighted by Gasteiger charge is 2.52. The second-order valence-electron chi connectivity index (χ2n) is 7.12. The normalized spacial score (nSPS) is 26.4. The van der Waals surface area contributed by atoms with Gasteiger partial charge < -0.3 is 5.11 Å². The lowest BCUT2D eigenvalue weighted by Gasteiger charge is -2.47. The molecule has 2 aromatic rings. The molecule has 0 fully saturated rings. The summed E-state index contributed by atoms with van der Waals surface area (Å²) in [6.07, 6.45) is 6.54. The topological polar surface area (TPSA) is 104 Å². The SMILES string of the molecule is C[C@@H]1C(=O)C(C#N)=CC2(c3ccc(C(=O)O)cc3)c3ncncc3CC[C@@H]12. The number of aromatic carboxylic acids is 1. The van der Waals surface area contributed by atoms with E-state index in [1.165, 1.54) is 6.33 Å². The molecule has 0 amide bonds. The molecule has 6 heteroatoms. The summed E-state index contributed by atoms with van der Waals surface area (Å²) in [4.78, 5) is 32.6. The molecule has 1 aromatic heterocycles. The molecule has 2 aliphatic rings. The van der Waals surface area contributed by atoms with Crippen molar-refractivity contribution in [2.75, 3.05) is 0 Å². The number of carbonyl (C=O) groups is 2. The van der Waals surface area contributed by atoms with Crippen molar-refractivity contribution in [1.29, 1.82) is 5.26 Å². The van der Waals surface area contributed by atoms with Crippen LogP contribution in [0.4, 0.5) is 0 Å². The molecule has 1 N–H and O–H groups in total. The Morgan fingerprint density at radius 1 is 1.33 bits per heavy atom. The number of ketones is 1. The molecule has 1 unspecified atom stereocenters. The molecule has 1 heterocycles. The van der Waals surface area contributed by atoms with Crippen LogP contribution in [0, 0.1) is 23.2 Å². The van der Waals surface area contributed by atoms with Gasteiger partial charge in [-0.3, -0.25) is 4.79 Å². The number of benzene rings is 1. The van der Waals surface area contributed by atoms with Crippen LogP contribution in [0.1, 0.15) is 40.5 Å². The lowest BCUT2D eigenvalue weighted by Crippen LogP contribution is -2.48. The van der Waals surface area contributed by atoms with Gasteiger partial charge in [0.2, 0.25) is 0 Å². The number of hydrogen-bond donors (Lipinski definition) is 1. The summed E-state index contributed by atoms with van der Waals surface area (Å²) < 4.78 is 0. The Kier molecular flexibility index (Phi) is 3.88. The summed E-state index contributed by atoms with van der Waals surface area (Å²) >= 11 is 0. The fourth-order valence-electron chi connectivity index (χ4n) is 4.58. The van der Waals surface area contributed by atoms with Gasteiger partial charge in [-0.15, -0.1) is 0 Å². The number of rotatable bonds is 2. The molecular weight excluding hydrogens is 342 g/mol. The fourth-order valence-corrected chi connectivity index (χ4v) is 4.58. The third-order valence-corrected chi connectivity index (χ3v) is 5.87. The number of aryl methyl sites for hydroxylation is 1. The number of carboxylic acids is 1. The van der Waals surface area contributed by atoms with Gasteiger partial charge in [0.05, 0.1) is 22.2 Å². The number of fused-ring (bicyclic) bond motifs is 3. The minimum atomic E-state index is -0.998. The van der Waals surface area contributed by atoms with Gasteiger partial charge in [0.25, 0.3) is 0 Å². The summed E-state index contributed by atoms with van der Waals surface area (Å²) in [6.45, 7) is 1.86. The van der Waals surface area contributed by atoms with E-state index in [1.807, 2.05) is 13.0 Å². The summed E-state index contributed by atoms with van der Waals surface area (Å²) in [7, 11) is 0. The molecule has 0 saturated carbocycles. The summed E-state index contributed by atoms with van der Waals surface area (Å²) in [5, 5.41) is 18.8. The maximum Gasteiger partial charge on any atom is 0.335 e. The molecule has 0 saturated heterocycles. The van der Waals surface area contributed by atoms with Crippen molar-refractivity contribution >= 4 is 11.8 Å². The molecular formula is C21H17N3O3. The molecule has 0 bridgehead atoms. The van der Waals surface area contributed by atoms with E-state index < -0.39 is 11.4 Å². The van der Waals surface area contributed by atoms with Crippen molar-refractivity contribution in [3.8, 4) is 6.07 Å². The highest BCUT2D eigenvalue weighted by Crippen LogP contribution is 2.52. The molecule has 0 radical (unpaired) electrons. The predicted molar refractivity (Wildman–Crippen MR) is 95.9 cm³/mol. The Hall–Kier alpha value is -3.33. The van der Waals surface area contributed by atoms with Crippen molar-refractivity contribution in [2.45, 2.75) is 25.2 Å². The van der Waals surface area contributed by atoms with Gasteiger partial charge in [0, 0.05) is 12.1 Å². The highest BCUT2D eigenvalue weighted by atomic mass is 16.4. The van der Waals surface area contributed by atoms with Gasteiger partial charge in [0.15, 0.2) is 5.78 Å². The number of allylic oxidation sites excluding steroid dienone is 2. The van der Waals surface area contributed by atoms with E-state index in [0.717, 1.165) is 29.7 Å². The first-order valence-electron chi connectivity index (χ1n) is 8.79. The highest BCUT2D eigenvalue weighted by molar-refractivity contribution is 6.02. The second kappa shape index (κ2) is 6.13. The van der Waals surface area contributed by atoms with Crippen molar-refractivity contribution in [1.82, 2.24) is 9.97 Å². The third-order valence-electron chi connectivity index (χ3n) is 5.87. The largest absolute Gasteiger partial charge is 0.478 e. The van der Waals surface area contributed by atoms with Crippen LogP contribution in [0.2, 0.25) is 0 Å². The van der Waals surface area contributed by atoms with Crippen molar-refractivity contribution in [2.24, 2.45) is 11.8 Å². The number of hydrogen-bond acceptors (Lipinski definition) is 5. The zero-order chi connectivity index (χ0) is 19.2. The summed E-state index contributed by atoms with van der Waals surface area (Å²) in [5.74, 6) is -1.52. The van der Waals surface area contributed by atoms with Gasteiger partial charge in [0.1, 0.15) is 12.4 Å². The van der Waals surface area contributed by atoms with Crippen LogP contribution in [0.5, 0.6) is 0 Å². The van der Waals surface area contributed by atoms with Gasteiger partial charge in [-0.1, -0.05) is 19.1 Å². The molecule has 1 aromatic carbocycles. The number of nitriles is 1. The number of carboxylic acid groups (broad SMARTS) is 1. The van der Waals surface area contributed by atoms with Gasteiger partial charge >= 0.3 is 5.97 Å². The first kappa shape index (κ1) is 17.1. The first-order valence-corrected chi connectivity index (χ1v) is 8.79. The molecule has 27 heavy (non-hydrogen) atoms. The zero-order valence-electron chi connectivity index (χ0n) is 14.7. The Morgan fingerprint density at radius 3 is 2.74 bits per heavy atom. The molecule has 0 spiro atoms. The number of carbonyl (C=O) groups excluding carboxylic acids is 1. The lowest BCUT2D eigenvalue weighted by atomic mass is 9.54. The maximum atomic E-state index is 12.6. The minimum absolute atomic E-state index is 0.0554. The summed E-state index contributed by atoms with van der Waals surface area (Å²) in [5.41, 5.74) is 2.20. The van der Waals surface area contributed by atoms with E-state index in [0.29, 0.717) is 0 Å². The monoisotopic (exact) mass is 359 g/mol. The van der Waals surface area contributed by atoms with E-state index in [9.17, 15) is 20.0 Å². The first-order chi connectivity index (χ1) is 13.0. The van der Waals surface area contributed by atoms with Crippen LogP contribution in [0.15, 0.2) is 48.4 Å². The van der Waals surface area contributed by atoms with Crippen LogP contribution < -0.4 is 0 Å². The Morgan fingerprint density at radius 2 is 2.07 bits per heavy atom. The average molecular weight is 359 g/mol. The van der Waals surface area contributed by atoms with Gasteiger partial charge in [-0.05, 0) is 48.1 Å². The standard InChI is InChI=1S/C21H17N3O3/c1-12-17-7-4-14-10-23-11-24-19(14)21(17,8-15(9-22)18(12)25)16-5-2-13(3-6-16)20(26)27/h2-3,5-6,8,10-12,17H,4,7H2,1H3,(H,26,27)/t12-,17-,21?/m0/s1. The van der Waals surface area contributed by atoms with Crippen LogP contribution in [0.25, 0.3) is 0 Å². The maximum absolute atomic E-state index is 12.6. The third kappa shape index (κ3) is 2.39. The minimum Gasteiger partial charge on any atom is -0.478 e. The smallest absolute Gasteiger partial charge is 0.335 e. The van der Waals surface area contributed by atoms with Crippen molar-refractivity contribution < 1.29 is 14.7 Å². The van der Waals surface area contributed by atoms with E-state index in [1.54, 1.807) is 36.5 Å². The molecule has 134 valence electrons. The second-order valence-corrected chi connectivity index (χ2v) is 7.12. The molecule has 0 aliphatic heterocycles. The van der Waals surface area contributed by atoms with Gasteiger partial charge in [-0.25, -0.2) is 14.8 Å². The predicted octanol–water partition coefficient (Wildman–Crippen LogP) is 2.69.